The first-order chi connectivity index (χ1) is 15.0. The third-order valence-electron chi connectivity index (χ3n) is 7.41. The molecular weight excluding hydrogens is 390 g/mol. The lowest BCUT2D eigenvalue weighted by Gasteiger charge is -2.36. The lowest BCUT2D eigenvalue weighted by molar-refractivity contribution is -0.137. The maximum atomic E-state index is 13.1. The molecule has 7 nitrogen and oxygen atoms in total. The van der Waals surface area contributed by atoms with Crippen molar-refractivity contribution >= 4 is 17.5 Å². The summed E-state index contributed by atoms with van der Waals surface area (Å²) in [6, 6.07) is 4.61. The van der Waals surface area contributed by atoms with Gasteiger partial charge in [0.25, 0.3) is 0 Å². The van der Waals surface area contributed by atoms with Gasteiger partial charge >= 0.3 is 0 Å². The number of carbonyl (C=O) groups excluding carboxylic acids is 2. The number of nitrogens with zero attached hydrogens (tertiary/aromatic N) is 5. The van der Waals surface area contributed by atoms with Gasteiger partial charge in [-0.3, -0.25) is 14.5 Å². The number of piperazine rings is 1. The van der Waals surface area contributed by atoms with Gasteiger partial charge in [-0.1, -0.05) is 12.8 Å². The molecule has 1 saturated carbocycles. The molecule has 0 aromatic carbocycles. The average molecular weight is 424 g/mol. The Balaban J connectivity index is 1.18. The summed E-state index contributed by atoms with van der Waals surface area (Å²) in [5.41, 5.74) is 4.51. The summed E-state index contributed by atoms with van der Waals surface area (Å²) in [7, 11) is 0. The molecule has 7 heteroatoms. The Labute approximate surface area is 184 Å². The predicted octanol–water partition coefficient (Wildman–Crippen LogP) is 2.39. The lowest BCUT2D eigenvalue weighted by Crippen LogP contribution is -2.50. The van der Waals surface area contributed by atoms with Crippen molar-refractivity contribution in [3.05, 3.63) is 35.3 Å². The monoisotopic (exact) mass is 423 g/mol. The second kappa shape index (κ2) is 8.26. The van der Waals surface area contributed by atoms with Crippen molar-refractivity contribution in [1.29, 1.82) is 0 Å². The van der Waals surface area contributed by atoms with Crippen molar-refractivity contribution < 1.29 is 9.59 Å². The maximum Gasteiger partial charge on any atom is 0.228 e. The normalized spacial score (nSPS) is 23.4. The third-order valence-corrected chi connectivity index (χ3v) is 7.41. The molecule has 2 aliphatic heterocycles. The Hall–Kier alpha value is -2.41. The van der Waals surface area contributed by atoms with E-state index >= 15 is 0 Å². The minimum absolute atomic E-state index is 0.149. The van der Waals surface area contributed by atoms with Crippen LogP contribution in [-0.4, -0.2) is 74.7 Å². The van der Waals surface area contributed by atoms with Gasteiger partial charge in [-0.25, -0.2) is 4.98 Å². The molecule has 2 saturated heterocycles. The molecule has 1 unspecified atom stereocenters. The first-order valence-corrected chi connectivity index (χ1v) is 11.7. The molecule has 0 spiro atoms. The van der Waals surface area contributed by atoms with Gasteiger partial charge in [0.1, 0.15) is 5.65 Å². The number of fused-ring (bicyclic) bond motifs is 1. The molecule has 3 aliphatic rings. The smallest absolute Gasteiger partial charge is 0.228 e. The number of hydrogen-bond donors (Lipinski definition) is 0. The maximum absolute atomic E-state index is 13.1. The van der Waals surface area contributed by atoms with Crippen LogP contribution in [0, 0.1) is 19.8 Å². The summed E-state index contributed by atoms with van der Waals surface area (Å²) >= 11 is 0. The molecule has 0 radical (unpaired) electrons. The van der Waals surface area contributed by atoms with Crippen LogP contribution in [0.15, 0.2) is 18.3 Å². The van der Waals surface area contributed by atoms with E-state index in [1.54, 1.807) is 0 Å². The van der Waals surface area contributed by atoms with Crippen molar-refractivity contribution in [2.75, 3.05) is 32.7 Å². The van der Waals surface area contributed by atoms with Crippen LogP contribution >= 0.6 is 0 Å². The van der Waals surface area contributed by atoms with E-state index in [-0.39, 0.29) is 17.7 Å². The summed E-state index contributed by atoms with van der Waals surface area (Å²) in [4.78, 5) is 36.7. The zero-order valence-electron chi connectivity index (χ0n) is 18.7. The van der Waals surface area contributed by atoms with Crippen LogP contribution in [0.3, 0.4) is 0 Å². The standard InChI is InChI=1S/C24H33N5O2/c1-17-7-8-28-21(18(2)25-22(28)13-17)16-26-9-11-27(12-10-26)24(31)19-14-23(30)29(15-19)20-5-3-4-6-20/h7-8,13,19-20H,3-6,9-12,14-16H2,1-2H3. The molecule has 4 heterocycles. The van der Waals surface area contributed by atoms with E-state index in [1.807, 2.05) is 9.80 Å². The molecule has 166 valence electrons. The summed E-state index contributed by atoms with van der Waals surface area (Å²) in [6.07, 6.45) is 7.13. The third kappa shape index (κ3) is 3.95. The first kappa shape index (κ1) is 20.5. The Morgan fingerprint density at radius 2 is 1.87 bits per heavy atom. The molecular formula is C24H33N5O2. The van der Waals surface area contributed by atoms with Crippen LogP contribution in [0.1, 0.15) is 49.1 Å². The molecule has 5 rings (SSSR count). The number of rotatable bonds is 4. The molecule has 3 fully saturated rings. The molecule has 1 atom stereocenters. The summed E-state index contributed by atoms with van der Waals surface area (Å²) in [5, 5.41) is 0. The molecule has 2 aromatic rings. The van der Waals surface area contributed by atoms with Crippen LogP contribution in [0.25, 0.3) is 5.65 Å². The van der Waals surface area contributed by atoms with Crippen molar-refractivity contribution in [2.24, 2.45) is 5.92 Å². The van der Waals surface area contributed by atoms with Crippen LogP contribution in [-0.2, 0) is 16.1 Å². The van der Waals surface area contributed by atoms with Gasteiger partial charge in [-0.05, 0) is 44.4 Å². The number of pyridine rings is 1. The first-order valence-electron chi connectivity index (χ1n) is 11.7. The minimum atomic E-state index is -0.149. The number of carbonyl (C=O) groups is 2. The van der Waals surface area contributed by atoms with E-state index in [9.17, 15) is 9.59 Å². The Morgan fingerprint density at radius 1 is 1.13 bits per heavy atom. The van der Waals surface area contributed by atoms with Crippen molar-refractivity contribution in [3.63, 3.8) is 0 Å². The number of likely N-dealkylation sites (tertiary alicyclic amines) is 1. The van der Waals surface area contributed by atoms with Crippen molar-refractivity contribution in [1.82, 2.24) is 24.1 Å². The molecule has 0 bridgehead atoms. The van der Waals surface area contributed by atoms with Gasteiger partial charge in [0, 0.05) is 57.9 Å². The lowest BCUT2D eigenvalue weighted by atomic mass is 10.1. The largest absolute Gasteiger partial charge is 0.340 e. The Kier molecular flexibility index (Phi) is 5.46. The van der Waals surface area contributed by atoms with E-state index in [0.717, 1.165) is 56.9 Å². The van der Waals surface area contributed by atoms with E-state index in [2.05, 4.69) is 41.5 Å². The Bertz CT molecular complexity index is 985. The number of amides is 2. The van der Waals surface area contributed by atoms with Gasteiger partial charge in [-0.2, -0.15) is 0 Å². The average Bonchev–Trinajstić information content (AvgIpc) is 3.48. The zero-order chi connectivity index (χ0) is 21.5. The molecule has 31 heavy (non-hydrogen) atoms. The number of imidazole rings is 1. The quantitative estimate of drug-likeness (QED) is 0.758. The van der Waals surface area contributed by atoms with Gasteiger partial charge in [-0.15, -0.1) is 0 Å². The molecule has 2 aromatic heterocycles. The number of hydrogen-bond acceptors (Lipinski definition) is 4. The van der Waals surface area contributed by atoms with E-state index in [1.165, 1.54) is 24.1 Å². The molecule has 1 aliphatic carbocycles. The highest BCUT2D eigenvalue weighted by molar-refractivity contribution is 5.89. The van der Waals surface area contributed by atoms with Crippen molar-refractivity contribution in [2.45, 2.75) is 58.5 Å². The fourth-order valence-electron chi connectivity index (χ4n) is 5.57. The second-order valence-corrected chi connectivity index (χ2v) is 9.56. The van der Waals surface area contributed by atoms with E-state index in [0.29, 0.717) is 19.0 Å². The topological polar surface area (TPSA) is 61.2 Å². The highest BCUT2D eigenvalue weighted by Crippen LogP contribution is 2.30. The predicted molar refractivity (Wildman–Crippen MR) is 119 cm³/mol. The zero-order valence-corrected chi connectivity index (χ0v) is 18.7. The van der Waals surface area contributed by atoms with Crippen LogP contribution in [0.5, 0.6) is 0 Å². The number of aryl methyl sites for hydroxylation is 2. The second-order valence-electron chi connectivity index (χ2n) is 9.56. The SMILES string of the molecule is Cc1ccn2c(CN3CCN(C(=O)C4CC(=O)N(C5CCCC5)C4)CC3)c(C)nc2c1. The molecule has 2 amide bonds. The summed E-state index contributed by atoms with van der Waals surface area (Å²) < 4.78 is 2.18. The van der Waals surface area contributed by atoms with Crippen LogP contribution < -0.4 is 0 Å². The van der Waals surface area contributed by atoms with Crippen LogP contribution in [0.2, 0.25) is 0 Å². The van der Waals surface area contributed by atoms with E-state index in [4.69, 9.17) is 4.98 Å². The summed E-state index contributed by atoms with van der Waals surface area (Å²) in [5.74, 6) is 0.209. The number of aromatic nitrogens is 2. The minimum Gasteiger partial charge on any atom is -0.340 e. The van der Waals surface area contributed by atoms with Crippen molar-refractivity contribution in [3.8, 4) is 0 Å². The fraction of sp³-hybridized carbons (Fsp3) is 0.625. The fourth-order valence-corrected chi connectivity index (χ4v) is 5.57. The highest BCUT2D eigenvalue weighted by atomic mass is 16.2. The molecule has 0 N–H and O–H groups in total. The van der Waals surface area contributed by atoms with Gasteiger partial charge in [0.15, 0.2) is 0 Å². The van der Waals surface area contributed by atoms with Gasteiger partial charge < -0.3 is 14.2 Å². The van der Waals surface area contributed by atoms with Gasteiger partial charge in [0.2, 0.25) is 11.8 Å². The van der Waals surface area contributed by atoms with E-state index < -0.39 is 0 Å². The van der Waals surface area contributed by atoms with Crippen LogP contribution in [0.4, 0.5) is 0 Å². The van der Waals surface area contributed by atoms with Gasteiger partial charge in [0.05, 0.1) is 17.3 Å². The Morgan fingerprint density at radius 3 is 2.61 bits per heavy atom. The summed E-state index contributed by atoms with van der Waals surface area (Å²) in [6.45, 7) is 8.83. The highest BCUT2D eigenvalue weighted by Gasteiger charge is 2.40.